The SMILES string of the molecule is C1=CC=NNC=C1.C1=CCOC=C1. The molecule has 3 nitrogen and oxygen atoms in total. The van der Waals surface area contributed by atoms with Gasteiger partial charge in [0.2, 0.25) is 0 Å². The standard InChI is InChI=1S/C5H6N2.C5H6O/c1-2-4-6-7-5-3-1;1-2-4-6-5-3-1/h1-6H;1-4H,5H2. The Morgan fingerprint density at radius 2 is 2.08 bits per heavy atom. The average Bonchev–Trinajstić information content (AvgIpc) is 2.53. The summed E-state index contributed by atoms with van der Waals surface area (Å²) in [6.07, 6.45) is 16.6. The molecule has 0 unspecified atom stereocenters. The third-order valence-corrected chi connectivity index (χ3v) is 1.24. The van der Waals surface area contributed by atoms with E-state index in [0.717, 1.165) is 6.61 Å². The first kappa shape index (κ1) is 9.32. The van der Waals surface area contributed by atoms with Crippen molar-refractivity contribution in [2.45, 2.75) is 0 Å². The zero-order chi connectivity index (χ0) is 9.19. The van der Waals surface area contributed by atoms with Gasteiger partial charge in [-0.15, -0.1) is 0 Å². The molecule has 0 fully saturated rings. The number of ether oxygens (including phenoxy) is 1. The smallest absolute Gasteiger partial charge is 0.106 e. The summed E-state index contributed by atoms with van der Waals surface area (Å²) in [5, 5.41) is 3.72. The lowest BCUT2D eigenvalue weighted by atomic mass is 10.5. The molecule has 2 rings (SSSR count). The van der Waals surface area contributed by atoms with E-state index in [1.807, 2.05) is 36.5 Å². The van der Waals surface area contributed by atoms with Gasteiger partial charge in [0.15, 0.2) is 0 Å². The van der Waals surface area contributed by atoms with Crippen molar-refractivity contribution in [2.75, 3.05) is 6.61 Å². The summed E-state index contributed by atoms with van der Waals surface area (Å²) in [5.41, 5.74) is 2.67. The summed E-state index contributed by atoms with van der Waals surface area (Å²) in [5.74, 6) is 0. The van der Waals surface area contributed by atoms with E-state index in [2.05, 4.69) is 10.5 Å². The van der Waals surface area contributed by atoms with Crippen molar-refractivity contribution in [3.05, 3.63) is 48.9 Å². The number of hydrazone groups is 1. The highest BCUT2D eigenvalue weighted by Gasteiger charge is 1.75. The van der Waals surface area contributed by atoms with Crippen LogP contribution in [-0.2, 0) is 4.74 Å². The van der Waals surface area contributed by atoms with Gasteiger partial charge in [0.05, 0.1) is 6.26 Å². The van der Waals surface area contributed by atoms with Crippen LogP contribution < -0.4 is 5.43 Å². The van der Waals surface area contributed by atoms with E-state index in [-0.39, 0.29) is 0 Å². The fraction of sp³-hybridized carbons (Fsp3) is 0.100. The lowest BCUT2D eigenvalue weighted by molar-refractivity contribution is 0.286. The van der Waals surface area contributed by atoms with E-state index in [9.17, 15) is 0 Å². The van der Waals surface area contributed by atoms with Crippen LogP contribution in [0.2, 0.25) is 0 Å². The largest absolute Gasteiger partial charge is 0.497 e. The first-order valence-corrected chi connectivity index (χ1v) is 4.04. The van der Waals surface area contributed by atoms with Gasteiger partial charge in [-0.3, -0.25) is 5.43 Å². The third-order valence-electron chi connectivity index (χ3n) is 1.24. The van der Waals surface area contributed by atoms with E-state index >= 15 is 0 Å². The minimum Gasteiger partial charge on any atom is -0.497 e. The maximum absolute atomic E-state index is 4.80. The zero-order valence-electron chi connectivity index (χ0n) is 7.26. The van der Waals surface area contributed by atoms with Gasteiger partial charge in [-0.25, -0.2) is 0 Å². The van der Waals surface area contributed by atoms with Gasteiger partial charge in [0.1, 0.15) is 6.61 Å². The van der Waals surface area contributed by atoms with Crippen LogP contribution >= 0.6 is 0 Å². The Hall–Kier alpha value is -1.77. The average molecular weight is 176 g/mol. The van der Waals surface area contributed by atoms with Gasteiger partial charge in [-0.2, -0.15) is 5.10 Å². The molecule has 0 radical (unpaired) electrons. The van der Waals surface area contributed by atoms with Crippen molar-refractivity contribution in [1.82, 2.24) is 5.43 Å². The molecule has 0 aromatic heterocycles. The van der Waals surface area contributed by atoms with Gasteiger partial charge >= 0.3 is 0 Å². The van der Waals surface area contributed by atoms with Gasteiger partial charge in [0, 0.05) is 12.4 Å². The van der Waals surface area contributed by atoms with Crippen LogP contribution in [0.3, 0.4) is 0 Å². The molecule has 0 saturated carbocycles. The predicted molar refractivity (Wildman–Crippen MR) is 54.1 cm³/mol. The van der Waals surface area contributed by atoms with Crippen molar-refractivity contribution >= 4 is 6.21 Å². The van der Waals surface area contributed by atoms with E-state index in [0.29, 0.717) is 0 Å². The molecule has 3 heteroatoms. The fourth-order valence-corrected chi connectivity index (χ4v) is 0.688. The minimum absolute atomic E-state index is 0.733. The lowest BCUT2D eigenvalue weighted by Gasteiger charge is -1.94. The van der Waals surface area contributed by atoms with Crippen LogP contribution in [0, 0.1) is 0 Å². The monoisotopic (exact) mass is 176 g/mol. The summed E-state index contributed by atoms with van der Waals surface area (Å²) in [6, 6.07) is 0. The molecule has 0 aromatic carbocycles. The zero-order valence-corrected chi connectivity index (χ0v) is 7.26. The summed E-state index contributed by atoms with van der Waals surface area (Å²) < 4.78 is 4.80. The second kappa shape index (κ2) is 6.91. The van der Waals surface area contributed by atoms with Crippen molar-refractivity contribution in [1.29, 1.82) is 0 Å². The van der Waals surface area contributed by atoms with Gasteiger partial charge in [-0.05, 0) is 24.3 Å². The topological polar surface area (TPSA) is 33.6 Å². The Labute approximate surface area is 77.8 Å². The van der Waals surface area contributed by atoms with Gasteiger partial charge in [-0.1, -0.05) is 12.2 Å². The van der Waals surface area contributed by atoms with Crippen molar-refractivity contribution in [3.63, 3.8) is 0 Å². The number of hydrogen-bond acceptors (Lipinski definition) is 3. The summed E-state index contributed by atoms with van der Waals surface area (Å²) in [6.45, 7) is 0.733. The van der Waals surface area contributed by atoms with Crippen molar-refractivity contribution in [3.8, 4) is 0 Å². The number of allylic oxidation sites excluding steroid dienone is 5. The third kappa shape index (κ3) is 5.49. The molecule has 1 N–H and O–H groups in total. The summed E-state index contributed by atoms with van der Waals surface area (Å²) >= 11 is 0. The summed E-state index contributed by atoms with van der Waals surface area (Å²) in [7, 11) is 0. The maximum atomic E-state index is 4.80. The normalized spacial score (nSPS) is 16.6. The molecular formula is C10H12N2O. The lowest BCUT2D eigenvalue weighted by Crippen LogP contribution is -1.89. The molecule has 2 aliphatic rings. The number of hydrogen-bond donors (Lipinski definition) is 1. The molecule has 0 aromatic rings. The van der Waals surface area contributed by atoms with Crippen LogP contribution in [0.25, 0.3) is 0 Å². The van der Waals surface area contributed by atoms with Crippen LogP contribution in [0.1, 0.15) is 0 Å². The number of nitrogens with zero attached hydrogens (tertiary/aromatic N) is 1. The van der Waals surface area contributed by atoms with Crippen LogP contribution in [0.4, 0.5) is 0 Å². The fourth-order valence-electron chi connectivity index (χ4n) is 0.688. The first-order chi connectivity index (χ1) is 6.50. The summed E-state index contributed by atoms with van der Waals surface area (Å²) in [4.78, 5) is 0. The number of nitrogens with one attached hydrogen (secondary N) is 1. The van der Waals surface area contributed by atoms with Crippen LogP contribution in [-0.4, -0.2) is 12.8 Å². The Balaban J connectivity index is 0.000000132. The highest BCUT2D eigenvalue weighted by molar-refractivity contribution is 5.71. The Morgan fingerprint density at radius 1 is 1.08 bits per heavy atom. The first-order valence-electron chi connectivity index (χ1n) is 4.04. The molecule has 0 spiro atoms. The molecule has 0 amide bonds. The van der Waals surface area contributed by atoms with Gasteiger partial charge in [0.25, 0.3) is 0 Å². The molecule has 0 saturated heterocycles. The second-order valence-corrected chi connectivity index (χ2v) is 2.24. The molecule has 2 aliphatic heterocycles. The quantitative estimate of drug-likeness (QED) is 0.609. The van der Waals surface area contributed by atoms with E-state index in [4.69, 9.17) is 4.74 Å². The van der Waals surface area contributed by atoms with E-state index < -0.39 is 0 Å². The molecule has 2 heterocycles. The molecule has 68 valence electrons. The molecule has 0 aliphatic carbocycles. The Bertz CT molecular complexity index is 236. The van der Waals surface area contributed by atoms with Crippen molar-refractivity contribution in [2.24, 2.45) is 5.10 Å². The molecule has 0 bridgehead atoms. The molecule has 13 heavy (non-hydrogen) atoms. The van der Waals surface area contributed by atoms with E-state index in [1.165, 1.54) is 0 Å². The molecular weight excluding hydrogens is 164 g/mol. The highest BCUT2D eigenvalue weighted by Crippen LogP contribution is 1.87. The van der Waals surface area contributed by atoms with Gasteiger partial charge < -0.3 is 4.74 Å². The van der Waals surface area contributed by atoms with E-state index in [1.54, 1.807) is 18.7 Å². The second-order valence-electron chi connectivity index (χ2n) is 2.24. The molecule has 0 atom stereocenters. The number of rotatable bonds is 0. The predicted octanol–water partition coefficient (Wildman–Crippen LogP) is 1.73. The highest BCUT2D eigenvalue weighted by atomic mass is 16.5. The Kier molecular flexibility index (Phi) is 4.95. The van der Waals surface area contributed by atoms with Crippen LogP contribution in [0.5, 0.6) is 0 Å². The van der Waals surface area contributed by atoms with Crippen molar-refractivity contribution < 1.29 is 4.74 Å². The van der Waals surface area contributed by atoms with Crippen LogP contribution in [0.15, 0.2) is 54.0 Å². The Morgan fingerprint density at radius 3 is 2.69 bits per heavy atom. The maximum Gasteiger partial charge on any atom is 0.106 e. The minimum atomic E-state index is 0.733.